The van der Waals surface area contributed by atoms with E-state index in [4.69, 9.17) is 14.2 Å². The van der Waals surface area contributed by atoms with E-state index in [1.54, 1.807) is 39.1 Å². The number of nitrogens with one attached hydrogen (secondary N) is 1. The van der Waals surface area contributed by atoms with Crippen LogP contribution < -0.4 is 10.1 Å². The molecule has 1 amide bonds. The molecular weight excluding hydrogens is 525 g/mol. The van der Waals surface area contributed by atoms with Gasteiger partial charge in [0.2, 0.25) is 0 Å². The molecule has 9 nitrogen and oxygen atoms in total. The number of aryl methyl sites for hydroxylation is 1. The van der Waals surface area contributed by atoms with E-state index in [2.05, 4.69) is 29.1 Å². The highest BCUT2D eigenvalue weighted by atomic mass is 32.3. The second kappa shape index (κ2) is 12.3. The van der Waals surface area contributed by atoms with E-state index >= 15 is 4.39 Å². The smallest absolute Gasteiger partial charge is 0.408 e. The molecule has 0 unspecified atom stereocenters. The molecule has 3 rings (SSSR count). The van der Waals surface area contributed by atoms with E-state index in [1.165, 1.54) is 12.1 Å². The fourth-order valence-corrected chi connectivity index (χ4v) is 4.34. The van der Waals surface area contributed by atoms with Crippen molar-refractivity contribution in [2.75, 3.05) is 31.1 Å². The van der Waals surface area contributed by atoms with Crippen LogP contribution in [0.2, 0.25) is 0 Å². The molecule has 0 fully saturated rings. The first-order valence-electron chi connectivity index (χ1n) is 12.5. The van der Waals surface area contributed by atoms with E-state index in [-0.39, 0.29) is 12.2 Å². The maximum absolute atomic E-state index is 15.0. The molecule has 0 aliphatic heterocycles. The van der Waals surface area contributed by atoms with Crippen LogP contribution in [0, 0.1) is 12.7 Å². The van der Waals surface area contributed by atoms with Gasteiger partial charge in [0.25, 0.3) is 0 Å². The van der Waals surface area contributed by atoms with Gasteiger partial charge in [0.1, 0.15) is 29.8 Å². The fraction of sp³-hybridized carbons (Fsp3) is 0.464. The number of halogens is 1. The highest BCUT2D eigenvalue weighted by Crippen LogP contribution is 2.34. The van der Waals surface area contributed by atoms with Crippen molar-refractivity contribution in [3.8, 4) is 11.5 Å². The molecule has 0 saturated carbocycles. The minimum absolute atomic E-state index is 0.0203. The van der Waals surface area contributed by atoms with E-state index in [0.29, 0.717) is 30.3 Å². The van der Waals surface area contributed by atoms with Crippen molar-refractivity contribution in [2.24, 2.45) is 0 Å². The number of nitrogens with zero attached hydrogens (tertiary/aromatic N) is 2. The number of pyridine rings is 1. The second-order valence-corrected chi connectivity index (χ2v) is 15.8. The lowest BCUT2D eigenvalue weighted by molar-refractivity contribution is -0.139. The van der Waals surface area contributed by atoms with Gasteiger partial charge in [-0.05, 0) is 76.3 Å². The van der Waals surface area contributed by atoms with Crippen LogP contribution in [-0.2, 0) is 27.4 Å². The first kappa shape index (κ1) is 30.2. The number of hydrogen-bond acceptors (Lipinski definition) is 6. The number of aliphatic carboxylic acids is 1. The molecule has 2 aromatic heterocycles. The molecule has 0 bridgehead atoms. The first-order chi connectivity index (χ1) is 18.1. The van der Waals surface area contributed by atoms with Crippen molar-refractivity contribution in [2.45, 2.75) is 52.5 Å². The topological polar surface area (TPSA) is 112 Å². The number of aromatic nitrogens is 2. The maximum Gasteiger partial charge on any atom is 0.408 e. The number of carbonyl (C=O) groups excluding carboxylic acids is 1. The van der Waals surface area contributed by atoms with Crippen LogP contribution in [0.15, 0.2) is 36.5 Å². The minimum atomic E-state index is -1.29. The number of fused-ring (bicyclic) bond motifs is 1. The van der Waals surface area contributed by atoms with Crippen LogP contribution >= 0.6 is 10.0 Å². The predicted molar refractivity (Wildman–Crippen MR) is 152 cm³/mol. The lowest BCUT2D eigenvalue weighted by atomic mass is 10.1. The van der Waals surface area contributed by atoms with Crippen LogP contribution in [0.3, 0.4) is 0 Å². The number of carboxylic acid groups (broad SMARTS) is 1. The summed E-state index contributed by atoms with van der Waals surface area (Å²) < 4.78 is 33.9. The lowest BCUT2D eigenvalue weighted by Crippen LogP contribution is -2.44. The van der Waals surface area contributed by atoms with E-state index < -0.39 is 39.6 Å². The van der Waals surface area contributed by atoms with Gasteiger partial charge in [0, 0.05) is 24.1 Å². The summed E-state index contributed by atoms with van der Waals surface area (Å²) >= 11 is 0. The van der Waals surface area contributed by atoms with Crippen molar-refractivity contribution in [3.05, 3.63) is 53.6 Å². The summed E-state index contributed by atoms with van der Waals surface area (Å²) in [4.78, 5) is 28.2. The Morgan fingerprint density at radius 3 is 2.49 bits per heavy atom. The monoisotopic (exact) mass is 563 g/mol. The van der Waals surface area contributed by atoms with Crippen molar-refractivity contribution < 1.29 is 33.3 Å². The molecule has 0 aliphatic rings. The van der Waals surface area contributed by atoms with Crippen LogP contribution in [0.25, 0.3) is 11.0 Å². The Bertz CT molecular complexity index is 1330. The molecule has 0 aliphatic carbocycles. The maximum atomic E-state index is 15.0. The lowest BCUT2D eigenvalue weighted by Gasteiger charge is -2.24. The van der Waals surface area contributed by atoms with Crippen LogP contribution in [0.1, 0.15) is 32.0 Å². The summed E-state index contributed by atoms with van der Waals surface area (Å²) in [6.45, 7) is 7.97. The standard InChI is InChI=1S/C28H38FN3O6S/c1-18-14-20-23(10-11-30-25(20)32(18)17-36-12-13-39(5,6)7)37-24-9-8-19(15-21(24)29)16-22(26(33)34)31-27(35)38-28(2,3)4/h8-11,14-15,22H,12-13,16-17H2,1-7H3,(H,31,35)(H,33,34)/t22-/m0/s1. The molecular formula is C28H38FN3O6S. The van der Waals surface area contributed by atoms with E-state index in [1.807, 2.05) is 17.6 Å². The Hall–Kier alpha value is -3.31. The van der Waals surface area contributed by atoms with Gasteiger partial charge in [-0.15, -0.1) is 0 Å². The summed E-state index contributed by atoms with van der Waals surface area (Å²) in [5.41, 5.74) is 1.20. The highest BCUT2D eigenvalue weighted by Gasteiger charge is 2.25. The van der Waals surface area contributed by atoms with E-state index in [0.717, 1.165) is 16.8 Å². The zero-order valence-electron chi connectivity index (χ0n) is 23.5. The quantitative estimate of drug-likeness (QED) is 0.298. The highest BCUT2D eigenvalue weighted by molar-refractivity contribution is 8.32. The van der Waals surface area contributed by atoms with Crippen molar-refractivity contribution in [1.82, 2.24) is 14.9 Å². The fourth-order valence-electron chi connectivity index (χ4n) is 3.72. The van der Waals surface area contributed by atoms with Gasteiger partial charge in [-0.2, -0.15) is 0 Å². The average Bonchev–Trinajstić information content (AvgIpc) is 3.12. The Morgan fingerprint density at radius 2 is 1.87 bits per heavy atom. The molecule has 0 spiro atoms. The molecule has 0 radical (unpaired) electrons. The molecule has 0 saturated heterocycles. The molecule has 3 aromatic rings. The number of carbonyl (C=O) groups is 2. The number of amides is 1. The Balaban J connectivity index is 1.73. The number of rotatable bonds is 11. The van der Waals surface area contributed by atoms with Crippen molar-refractivity contribution in [3.63, 3.8) is 0 Å². The summed E-state index contributed by atoms with van der Waals surface area (Å²) in [5, 5.41) is 12.6. The number of alkyl carbamates (subject to hydrolysis) is 1. The predicted octanol–water partition coefficient (Wildman–Crippen LogP) is 5.46. The molecule has 2 N–H and O–H groups in total. The van der Waals surface area contributed by atoms with Gasteiger partial charge in [0.05, 0.1) is 12.0 Å². The number of carboxylic acids is 1. The van der Waals surface area contributed by atoms with E-state index in [9.17, 15) is 14.7 Å². The zero-order valence-corrected chi connectivity index (χ0v) is 24.4. The minimum Gasteiger partial charge on any atom is -0.480 e. The number of hydrogen-bond donors (Lipinski definition) is 2. The average molecular weight is 564 g/mol. The van der Waals surface area contributed by atoms with Gasteiger partial charge >= 0.3 is 12.1 Å². The van der Waals surface area contributed by atoms with Gasteiger partial charge in [-0.3, -0.25) is 0 Å². The molecule has 214 valence electrons. The van der Waals surface area contributed by atoms with Crippen molar-refractivity contribution in [1.29, 1.82) is 0 Å². The van der Waals surface area contributed by atoms with Crippen LogP contribution in [-0.4, -0.2) is 69.5 Å². The SMILES string of the molecule is Cc1cc2c(Oc3ccc(C[C@H](NC(=O)OC(C)(C)C)C(=O)O)cc3F)ccnc2n1COCCS(C)(C)C. The number of benzene rings is 1. The summed E-state index contributed by atoms with van der Waals surface area (Å²) in [6, 6.07) is 6.48. The van der Waals surface area contributed by atoms with Gasteiger partial charge in [-0.25, -0.2) is 29.0 Å². The van der Waals surface area contributed by atoms with Crippen LogP contribution in [0.4, 0.5) is 9.18 Å². The Kier molecular flexibility index (Phi) is 9.50. The Labute approximate surface area is 230 Å². The third-order valence-electron chi connectivity index (χ3n) is 5.67. The normalized spacial score (nSPS) is 13.2. The molecule has 1 aromatic carbocycles. The third-order valence-corrected chi connectivity index (χ3v) is 7.06. The van der Waals surface area contributed by atoms with Crippen LogP contribution in [0.5, 0.6) is 11.5 Å². The second-order valence-electron chi connectivity index (χ2n) is 11.2. The molecule has 1 atom stereocenters. The first-order valence-corrected chi connectivity index (χ1v) is 15.5. The van der Waals surface area contributed by atoms with Gasteiger partial charge < -0.3 is 29.2 Å². The third kappa shape index (κ3) is 8.86. The molecule has 2 heterocycles. The van der Waals surface area contributed by atoms with Gasteiger partial charge in [0.15, 0.2) is 11.6 Å². The Morgan fingerprint density at radius 1 is 1.15 bits per heavy atom. The van der Waals surface area contributed by atoms with Crippen molar-refractivity contribution >= 4 is 33.1 Å². The zero-order chi connectivity index (χ0) is 29.0. The summed E-state index contributed by atoms with van der Waals surface area (Å²) in [7, 11) is -0.648. The summed E-state index contributed by atoms with van der Waals surface area (Å²) in [6.07, 6.45) is 7.34. The number of ether oxygens (including phenoxy) is 3. The molecule has 11 heteroatoms. The summed E-state index contributed by atoms with van der Waals surface area (Å²) in [5.74, 6) is -0.505. The molecule has 39 heavy (non-hydrogen) atoms. The largest absolute Gasteiger partial charge is 0.480 e. The van der Waals surface area contributed by atoms with Gasteiger partial charge in [-0.1, -0.05) is 6.07 Å².